The fraction of sp³-hybridized carbons (Fsp3) is 0.333. The molecule has 1 heterocycles. The van der Waals surface area contributed by atoms with E-state index in [0.29, 0.717) is 11.6 Å². The molecular formula is C21H22N2O3. The second-order valence-electron chi connectivity index (χ2n) is 6.95. The molecule has 1 aliphatic carbocycles. The van der Waals surface area contributed by atoms with Gasteiger partial charge in [0.15, 0.2) is 12.4 Å². The molecular weight excluding hydrogens is 328 g/mol. The van der Waals surface area contributed by atoms with Gasteiger partial charge in [-0.1, -0.05) is 53.9 Å². The maximum atomic E-state index is 9.51. The standard InChI is InChI=1S/C21H22N2O3/c1-15-7-9-16(10-8-15)21(11-2-3-12-21)20-22-19(26-23-20)14-25-18-6-4-5-17(24)13-18/h4-10,13,24H,2-3,11-12,14H2,1H3. The van der Waals surface area contributed by atoms with Crippen LogP contribution in [0, 0.1) is 6.92 Å². The fourth-order valence-corrected chi connectivity index (χ4v) is 3.72. The van der Waals surface area contributed by atoms with Crippen LogP contribution < -0.4 is 4.74 Å². The number of phenols is 1. The topological polar surface area (TPSA) is 68.4 Å². The molecule has 134 valence electrons. The Morgan fingerprint density at radius 3 is 2.62 bits per heavy atom. The molecule has 0 radical (unpaired) electrons. The molecule has 1 saturated carbocycles. The van der Waals surface area contributed by atoms with Crippen LogP contribution in [0.15, 0.2) is 53.1 Å². The summed E-state index contributed by atoms with van der Waals surface area (Å²) in [6.45, 7) is 2.27. The van der Waals surface area contributed by atoms with Gasteiger partial charge in [-0.2, -0.15) is 4.98 Å². The predicted molar refractivity (Wildman–Crippen MR) is 97.2 cm³/mol. The Bertz CT molecular complexity index is 880. The highest BCUT2D eigenvalue weighted by Gasteiger charge is 2.41. The second kappa shape index (κ2) is 6.83. The van der Waals surface area contributed by atoms with Crippen LogP contribution in [0.2, 0.25) is 0 Å². The number of hydrogen-bond acceptors (Lipinski definition) is 5. The van der Waals surface area contributed by atoms with Crippen molar-refractivity contribution in [1.82, 2.24) is 10.1 Å². The predicted octanol–water partition coefficient (Wildman–Crippen LogP) is 4.52. The molecule has 0 bridgehead atoms. The summed E-state index contributed by atoms with van der Waals surface area (Å²) in [7, 11) is 0. The van der Waals surface area contributed by atoms with Crippen LogP contribution in [0.5, 0.6) is 11.5 Å². The Kier molecular flexibility index (Phi) is 4.37. The summed E-state index contributed by atoms with van der Waals surface area (Å²) in [5.41, 5.74) is 2.33. The molecule has 0 amide bonds. The smallest absolute Gasteiger partial charge is 0.264 e. The third-order valence-corrected chi connectivity index (χ3v) is 5.14. The molecule has 1 N–H and O–H groups in total. The van der Waals surface area contributed by atoms with Crippen molar-refractivity contribution in [3.63, 3.8) is 0 Å². The first-order valence-electron chi connectivity index (χ1n) is 8.98. The quantitative estimate of drug-likeness (QED) is 0.732. The number of benzene rings is 2. The van der Waals surface area contributed by atoms with E-state index in [9.17, 15) is 5.11 Å². The number of aryl methyl sites for hydroxylation is 1. The molecule has 0 spiro atoms. The minimum absolute atomic E-state index is 0.165. The summed E-state index contributed by atoms with van der Waals surface area (Å²) in [6.07, 6.45) is 4.39. The van der Waals surface area contributed by atoms with E-state index in [2.05, 4.69) is 41.3 Å². The minimum Gasteiger partial charge on any atom is -0.508 e. The number of rotatable bonds is 5. The molecule has 2 aromatic carbocycles. The van der Waals surface area contributed by atoms with Gasteiger partial charge in [0.25, 0.3) is 5.89 Å². The largest absolute Gasteiger partial charge is 0.508 e. The van der Waals surface area contributed by atoms with E-state index in [4.69, 9.17) is 9.26 Å². The Morgan fingerprint density at radius 1 is 1.12 bits per heavy atom. The normalized spacial score (nSPS) is 15.9. The van der Waals surface area contributed by atoms with Crippen molar-refractivity contribution >= 4 is 0 Å². The Balaban J connectivity index is 1.56. The number of aromatic hydroxyl groups is 1. The van der Waals surface area contributed by atoms with Crippen LogP contribution in [0.25, 0.3) is 0 Å². The van der Waals surface area contributed by atoms with E-state index >= 15 is 0 Å². The van der Waals surface area contributed by atoms with Gasteiger partial charge in [-0.15, -0.1) is 0 Å². The van der Waals surface area contributed by atoms with Gasteiger partial charge in [-0.3, -0.25) is 0 Å². The SMILES string of the molecule is Cc1ccc(C2(c3noc(COc4cccc(O)c4)n3)CCCC2)cc1. The van der Waals surface area contributed by atoms with Gasteiger partial charge in [0.1, 0.15) is 11.5 Å². The number of hydrogen-bond donors (Lipinski definition) is 1. The average Bonchev–Trinajstić information content (AvgIpc) is 3.31. The molecule has 5 heteroatoms. The maximum absolute atomic E-state index is 9.51. The van der Waals surface area contributed by atoms with E-state index in [1.54, 1.807) is 24.3 Å². The second-order valence-corrected chi connectivity index (χ2v) is 6.95. The number of ether oxygens (including phenoxy) is 1. The summed E-state index contributed by atoms with van der Waals surface area (Å²) in [4.78, 5) is 4.64. The first-order valence-corrected chi connectivity index (χ1v) is 8.98. The highest BCUT2D eigenvalue weighted by atomic mass is 16.5. The Morgan fingerprint density at radius 2 is 1.88 bits per heavy atom. The van der Waals surface area contributed by atoms with Crippen LogP contribution in [0.3, 0.4) is 0 Å². The summed E-state index contributed by atoms with van der Waals surface area (Å²) in [5.74, 6) is 1.92. The van der Waals surface area contributed by atoms with Crippen molar-refractivity contribution in [3.05, 3.63) is 71.4 Å². The highest BCUT2D eigenvalue weighted by molar-refractivity contribution is 5.36. The number of nitrogens with zero attached hydrogens (tertiary/aromatic N) is 2. The fourth-order valence-electron chi connectivity index (χ4n) is 3.72. The lowest BCUT2D eigenvalue weighted by atomic mass is 9.78. The Labute approximate surface area is 152 Å². The molecule has 0 aliphatic heterocycles. The van der Waals surface area contributed by atoms with Crippen molar-refractivity contribution in [2.75, 3.05) is 0 Å². The lowest BCUT2D eigenvalue weighted by Crippen LogP contribution is -2.25. The van der Waals surface area contributed by atoms with Gasteiger partial charge >= 0.3 is 0 Å². The van der Waals surface area contributed by atoms with Gasteiger partial charge in [0.2, 0.25) is 0 Å². The molecule has 0 saturated heterocycles. The summed E-state index contributed by atoms with van der Waals surface area (Å²) >= 11 is 0. The Hall–Kier alpha value is -2.82. The summed E-state index contributed by atoms with van der Waals surface area (Å²) in [6, 6.07) is 15.3. The molecule has 4 rings (SSSR count). The van der Waals surface area contributed by atoms with Crippen molar-refractivity contribution in [2.45, 2.75) is 44.6 Å². The van der Waals surface area contributed by atoms with Crippen molar-refractivity contribution < 1.29 is 14.4 Å². The third-order valence-electron chi connectivity index (χ3n) is 5.14. The van der Waals surface area contributed by atoms with Gasteiger partial charge in [0.05, 0.1) is 5.41 Å². The van der Waals surface area contributed by atoms with Crippen LogP contribution in [-0.2, 0) is 12.0 Å². The van der Waals surface area contributed by atoms with Crippen LogP contribution in [0.1, 0.15) is 48.5 Å². The zero-order valence-electron chi connectivity index (χ0n) is 14.8. The van der Waals surface area contributed by atoms with E-state index in [0.717, 1.165) is 31.5 Å². The molecule has 1 aliphatic rings. The van der Waals surface area contributed by atoms with Crippen molar-refractivity contribution in [1.29, 1.82) is 0 Å². The molecule has 0 atom stereocenters. The monoisotopic (exact) mass is 350 g/mol. The average molecular weight is 350 g/mol. The first-order chi connectivity index (χ1) is 12.7. The molecule has 5 nitrogen and oxygen atoms in total. The molecule has 1 aromatic heterocycles. The van der Waals surface area contributed by atoms with E-state index < -0.39 is 0 Å². The number of phenolic OH excluding ortho intramolecular Hbond substituents is 1. The number of aromatic nitrogens is 2. The zero-order chi connectivity index (χ0) is 18.0. The van der Waals surface area contributed by atoms with Gasteiger partial charge in [-0.25, -0.2) is 0 Å². The third kappa shape index (κ3) is 3.17. The van der Waals surface area contributed by atoms with E-state index in [-0.39, 0.29) is 17.8 Å². The van der Waals surface area contributed by atoms with Gasteiger partial charge in [0, 0.05) is 6.07 Å². The van der Waals surface area contributed by atoms with Gasteiger partial charge < -0.3 is 14.4 Å². The minimum atomic E-state index is -0.166. The lowest BCUT2D eigenvalue weighted by molar-refractivity contribution is 0.241. The van der Waals surface area contributed by atoms with Crippen LogP contribution in [-0.4, -0.2) is 15.2 Å². The maximum Gasteiger partial charge on any atom is 0.264 e. The molecule has 26 heavy (non-hydrogen) atoms. The summed E-state index contributed by atoms with van der Waals surface area (Å²) < 4.78 is 11.1. The first kappa shape index (κ1) is 16.6. The summed E-state index contributed by atoms with van der Waals surface area (Å²) in [5, 5.41) is 13.8. The van der Waals surface area contributed by atoms with Crippen molar-refractivity contribution in [2.24, 2.45) is 0 Å². The molecule has 3 aromatic rings. The van der Waals surface area contributed by atoms with E-state index in [1.807, 2.05) is 0 Å². The van der Waals surface area contributed by atoms with Crippen LogP contribution in [0.4, 0.5) is 0 Å². The lowest BCUT2D eigenvalue weighted by Gasteiger charge is -2.25. The van der Waals surface area contributed by atoms with Crippen LogP contribution >= 0.6 is 0 Å². The molecule has 0 unspecified atom stereocenters. The highest BCUT2D eigenvalue weighted by Crippen LogP contribution is 2.45. The van der Waals surface area contributed by atoms with E-state index in [1.165, 1.54) is 11.1 Å². The van der Waals surface area contributed by atoms with Crippen molar-refractivity contribution in [3.8, 4) is 11.5 Å². The van der Waals surface area contributed by atoms with Gasteiger partial charge in [-0.05, 0) is 37.5 Å². The molecule has 1 fully saturated rings. The zero-order valence-corrected chi connectivity index (χ0v) is 14.8.